The summed E-state index contributed by atoms with van der Waals surface area (Å²) in [5, 5.41) is 8.92. The number of aliphatic hydroxyl groups is 1. The topological polar surface area (TPSA) is 32.6 Å². The van der Waals surface area contributed by atoms with Crippen molar-refractivity contribution < 1.29 is 5.11 Å². The molecule has 1 aromatic rings. The third-order valence-corrected chi connectivity index (χ3v) is 2.22. The van der Waals surface area contributed by atoms with Gasteiger partial charge < -0.3 is 5.11 Å². The zero-order valence-electron chi connectivity index (χ0n) is 8.83. The summed E-state index contributed by atoms with van der Waals surface area (Å²) in [6, 6.07) is 6.14. The van der Waals surface area contributed by atoms with Gasteiger partial charge in [-0.1, -0.05) is 25.1 Å². The lowest BCUT2D eigenvalue weighted by molar-refractivity contribution is 0.300. The molecule has 0 radical (unpaired) electrons. The Balaban J connectivity index is 3.13. The first kappa shape index (κ1) is 10.9. The van der Waals surface area contributed by atoms with Crippen LogP contribution in [0.15, 0.2) is 23.2 Å². The van der Waals surface area contributed by atoms with Crippen LogP contribution in [-0.4, -0.2) is 17.9 Å². The van der Waals surface area contributed by atoms with Gasteiger partial charge >= 0.3 is 0 Å². The van der Waals surface area contributed by atoms with Gasteiger partial charge in [0.05, 0.1) is 5.69 Å². The molecule has 0 saturated carbocycles. The van der Waals surface area contributed by atoms with Crippen molar-refractivity contribution in [2.24, 2.45) is 4.99 Å². The highest BCUT2D eigenvalue weighted by atomic mass is 16.2. The molecule has 0 spiro atoms. The predicted molar refractivity (Wildman–Crippen MR) is 60.4 cm³/mol. The molecule has 0 aromatic heterocycles. The lowest BCUT2D eigenvalue weighted by Crippen LogP contribution is -1.94. The van der Waals surface area contributed by atoms with Gasteiger partial charge in [-0.3, -0.25) is 4.99 Å². The second-order valence-electron chi connectivity index (χ2n) is 3.14. The Bertz CT molecular complexity index is 318. The van der Waals surface area contributed by atoms with Gasteiger partial charge in [0.15, 0.2) is 0 Å². The summed E-state index contributed by atoms with van der Waals surface area (Å²) < 4.78 is 0. The molecule has 0 unspecified atom stereocenters. The summed E-state index contributed by atoms with van der Waals surface area (Å²) in [6.07, 6.45) is 3.46. The van der Waals surface area contributed by atoms with E-state index in [9.17, 15) is 0 Å². The van der Waals surface area contributed by atoms with Gasteiger partial charge in [0, 0.05) is 12.8 Å². The zero-order chi connectivity index (χ0) is 10.4. The van der Waals surface area contributed by atoms with Crippen LogP contribution in [0.3, 0.4) is 0 Å². The highest BCUT2D eigenvalue weighted by molar-refractivity contribution is 5.65. The molecule has 0 amide bonds. The summed E-state index contributed by atoms with van der Waals surface area (Å²) in [7, 11) is 0. The summed E-state index contributed by atoms with van der Waals surface area (Å²) in [4.78, 5) is 4.36. The summed E-state index contributed by atoms with van der Waals surface area (Å²) in [5.41, 5.74) is 3.41. The van der Waals surface area contributed by atoms with Crippen LogP contribution in [0.1, 0.15) is 25.0 Å². The number of hydrogen-bond donors (Lipinski definition) is 1. The van der Waals surface area contributed by atoms with E-state index in [-0.39, 0.29) is 6.61 Å². The van der Waals surface area contributed by atoms with Crippen LogP contribution >= 0.6 is 0 Å². The number of aryl methyl sites for hydroxylation is 1. The molecule has 2 nitrogen and oxygen atoms in total. The fourth-order valence-electron chi connectivity index (χ4n) is 1.55. The molecule has 0 atom stereocenters. The molecule has 1 rings (SSSR count). The number of nitrogens with zero attached hydrogens (tertiary/aromatic N) is 1. The maximum Gasteiger partial charge on any atom is 0.0690 e. The molecule has 14 heavy (non-hydrogen) atoms. The quantitative estimate of drug-likeness (QED) is 0.729. The van der Waals surface area contributed by atoms with Gasteiger partial charge in [0.2, 0.25) is 0 Å². The average Bonchev–Trinajstić information content (AvgIpc) is 2.21. The molecule has 0 aliphatic heterocycles. The largest absolute Gasteiger partial charge is 0.396 e. The van der Waals surface area contributed by atoms with E-state index in [2.05, 4.69) is 18.0 Å². The first-order chi connectivity index (χ1) is 6.83. The van der Waals surface area contributed by atoms with Crippen molar-refractivity contribution >= 4 is 11.9 Å². The third-order valence-electron chi connectivity index (χ3n) is 2.22. The Morgan fingerprint density at radius 2 is 2.07 bits per heavy atom. The fourth-order valence-corrected chi connectivity index (χ4v) is 1.55. The third kappa shape index (κ3) is 2.42. The minimum atomic E-state index is 0.180. The molecular formula is C12H17NO. The van der Waals surface area contributed by atoms with Crippen molar-refractivity contribution in [3.8, 4) is 0 Å². The van der Waals surface area contributed by atoms with E-state index >= 15 is 0 Å². The molecule has 0 bridgehead atoms. The van der Waals surface area contributed by atoms with Gasteiger partial charge in [-0.05, 0) is 30.9 Å². The lowest BCUT2D eigenvalue weighted by atomic mass is 10.0. The van der Waals surface area contributed by atoms with Crippen LogP contribution in [0.2, 0.25) is 0 Å². The fraction of sp³-hybridized carbons (Fsp3) is 0.417. The van der Waals surface area contributed by atoms with Crippen molar-refractivity contribution in [3.05, 3.63) is 29.3 Å². The Morgan fingerprint density at radius 1 is 1.36 bits per heavy atom. The van der Waals surface area contributed by atoms with E-state index in [1.807, 2.05) is 19.1 Å². The van der Waals surface area contributed by atoms with E-state index in [4.69, 9.17) is 5.11 Å². The van der Waals surface area contributed by atoms with E-state index in [1.165, 1.54) is 5.56 Å². The standard InChI is InChI=1S/C12H17NO/c1-3-10-6-5-7-11(8-9-14)12(10)13-4-2/h4-7,14H,3,8-9H2,1-2H3. The summed E-state index contributed by atoms with van der Waals surface area (Å²) in [6.45, 7) is 4.21. The van der Waals surface area contributed by atoms with E-state index < -0.39 is 0 Å². The van der Waals surface area contributed by atoms with Gasteiger partial charge in [-0.25, -0.2) is 0 Å². The molecule has 0 aliphatic rings. The molecule has 0 saturated heterocycles. The molecule has 0 heterocycles. The maximum atomic E-state index is 8.92. The summed E-state index contributed by atoms with van der Waals surface area (Å²) in [5.74, 6) is 0. The van der Waals surface area contributed by atoms with Crippen molar-refractivity contribution in [1.82, 2.24) is 0 Å². The number of para-hydroxylation sites is 1. The van der Waals surface area contributed by atoms with Gasteiger partial charge in [-0.15, -0.1) is 0 Å². The second kappa shape index (κ2) is 5.55. The molecule has 0 fully saturated rings. The molecular weight excluding hydrogens is 174 g/mol. The van der Waals surface area contributed by atoms with Crippen molar-refractivity contribution in [1.29, 1.82) is 0 Å². The average molecular weight is 191 g/mol. The van der Waals surface area contributed by atoms with Gasteiger partial charge in [-0.2, -0.15) is 0 Å². The first-order valence-corrected chi connectivity index (χ1v) is 5.03. The maximum absolute atomic E-state index is 8.92. The number of aliphatic hydroxyl groups excluding tert-OH is 1. The second-order valence-corrected chi connectivity index (χ2v) is 3.14. The number of hydrogen-bond acceptors (Lipinski definition) is 2. The molecule has 2 heteroatoms. The smallest absolute Gasteiger partial charge is 0.0690 e. The SMILES string of the molecule is CC=Nc1c(CC)cccc1CCO. The van der Waals surface area contributed by atoms with Gasteiger partial charge in [0.1, 0.15) is 0 Å². The Hall–Kier alpha value is -1.15. The van der Waals surface area contributed by atoms with Crippen molar-refractivity contribution in [2.75, 3.05) is 6.61 Å². The van der Waals surface area contributed by atoms with E-state index in [0.717, 1.165) is 17.7 Å². The van der Waals surface area contributed by atoms with Crippen molar-refractivity contribution in [3.63, 3.8) is 0 Å². The van der Waals surface area contributed by atoms with Crippen LogP contribution < -0.4 is 0 Å². The normalized spacial score (nSPS) is 11.1. The van der Waals surface area contributed by atoms with Crippen LogP contribution in [-0.2, 0) is 12.8 Å². The van der Waals surface area contributed by atoms with Crippen LogP contribution in [0, 0.1) is 0 Å². The Labute approximate surface area is 85.3 Å². The minimum Gasteiger partial charge on any atom is -0.396 e. The van der Waals surface area contributed by atoms with E-state index in [0.29, 0.717) is 6.42 Å². The highest BCUT2D eigenvalue weighted by Crippen LogP contribution is 2.25. The monoisotopic (exact) mass is 191 g/mol. The first-order valence-electron chi connectivity index (χ1n) is 5.03. The van der Waals surface area contributed by atoms with Crippen LogP contribution in [0.4, 0.5) is 5.69 Å². The molecule has 0 aliphatic carbocycles. The molecule has 1 N–H and O–H groups in total. The number of rotatable bonds is 4. The molecule has 76 valence electrons. The number of aliphatic imine (C=N–C) groups is 1. The van der Waals surface area contributed by atoms with Gasteiger partial charge in [0.25, 0.3) is 0 Å². The summed E-state index contributed by atoms with van der Waals surface area (Å²) >= 11 is 0. The predicted octanol–water partition coefficient (Wildman–Crippen LogP) is 2.51. The number of benzene rings is 1. The zero-order valence-corrected chi connectivity index (χ0v) is 8.83. The Morgan fingerprint density at radius 3 is 2.64 bits per heavy atom. The minimum absolute atomic E-state index is 0.180. The van der Waals surface area contributed by atoms with Crippen molar-refractivity contribution in [2.45, 2.75) is 26.7 Å². The Kier molecular flexibility index (Phi) is 4.33. The lowest BCUT2D eigenvalue weighted by Gasteiger charge is -2.08. The molecule has 1 aromatic carbocycles. The highest BCUT2D eigenvalue weighted by Gasteiger charge is 2.04. The van der Waals surface area contributed by atoms with E-state index in [1.54, 1.807) is 6.21 Å². The van der Waals surface area contributed by atoms with Crippen LogP contribution in [0.5, 0.6) is 0 Å². The van der Waals surface area contributed by atoms with Crippen LogP contribution in [0.25, 0.3) is 0 Å².